The van der Waals surface area contributed by atoms with Crippen LogP contribution in [0.3, 0.4) is 0 Å². The van der Waals surface area contributed by atoms with Crippen LogP contribution >= 0.6 is 0 Å². The standard InChI is InChI=1S/C32H29F9N4O5/c1-3-22-14-26(24-13-19(30(33,34)35)7-8-25(24)45(22)29(48)49-4-2)44(28-42-15-23(16-43-28)50-9-5-6-27(46)47)17-18-10-20(31(36,37)38)12-21(11-18)32(39,40)41/h5-8,10-13,15-16,22,26H,3-4,9,14,17H2,1-2H3,(H,46,47)/t22-,26+/m1/s1. The molecule has 0 unspecified atom stereocenters. The number of anilines is 2. The lowest BCUT2D eigenvalue weighted by Gasteiger charge is -2.44. The summed E-state index contributed by atoms with van der Waals surface area (Å²) in [5.41, 5.74) is -5.01. The zero-order valence-electron chi connectivity index (χ0n) is 26.2. The molecular weight excluding hydrogens is 691 g/mol. The zero-order valence-corrected chi connectivity index (χ0v) is 26.2. The quantitative estimate of drug-likeness (QED) is 0.164. The summed E-state index contributed by atoms with van der Waals surface area (Å²) in [5, 5.41) is 8.73. The van der Waals surface area contributed by atoms with Gasteiger partial charge >= 0.3 is 30.6 Å². The average molecular weight is 721 g/mol. The number of hydrogen-bond acceptors (Lipinski definition) is 7. The number of aromatic nitrogens is 2. The molecule has 1 aliphatic heterocycles. The first-order valence-electron chi connectivity index (χ1n) is 14.9. The van der Waals surface area contributed by atoms with Crippen LogP contribution in [0.4, 0.5) is 55.9 Å². The Labute approximate surface area is 278 Å². The minimum Gasteiger partial charge on any atom is -0.486 e. The van der Waals surface area contributed by atoms with E-state index in [0.29, 0.717) is 12.1 Å². The predicted molar refractivity (Wildman–Crippen MR) is 159 cm³/mol. The molecule has 1 aliphatic rings. The van der Waals surface area contributed by atoms with Crippen LogP contribution in [0.15, 0.2) is 60.9 Å². The Morgan fingerprint density at radius 3 is 2.04 bits per heavy atom. The molecule has 0 saturated heterocycles. The van der Waals surface area contributed by atoms with E-state index in [-0.39, 0.29) is 55.1 Å². The van der Waals surface area contributed by atoms with Gasteiger partial charge in [-0.05, 0) is 73.4 Å². The van der Waals surface area contributed by atoms with E-state index in [1.54, 1.807) is 6.92 Å². The van der Waals surface area contributed by atoms with Crippen molar-refractivity contribution in [2.75, 3.05) is 23.0 Å². The van der Waals surface area contributed by atoms with Gasteiger partial charge in [0.25, 0.3) is 0 Å². The molecule has 9 nitrogen and oxygen atoms in total. The number of alkyl halides is 9. The molecule has 0 spiro atoms. The van der Waals surface area contributed by atoms with E-state index in [9.17, 15) is 49.1 Å². The van der Waals surface area contributed by atoms with Crippen molar-refractivity contribution in [3.63, 3.8) is 0 Å². The fourth-order valence-electron chi connectivity index (χ4n) is 5.44. The van der Waals surface area contributed by atoms with Crippen LogP contribution in [0.5, 0.6) is 5.75 Å². The van der Waals surface area contributed by atoms with Crippen LogP contribution in [-0.2, 0) is 34.6 Å². The molecular formula is C32H29F9N4O5. The molecule has 1 amide bonds. The fourth-order valence-corrected chi connectivity index (χ4v) is 5.44. The zero-order chi connectivity index (χ0) is 37.0. The number of carboxylic acids is 1. The third kappa shape index (κ3) is 8.95. The maximum absolute atomic E-state index is 14.0. The van der Waals surface area contributed by atoms with E-state index in [1.807, 2.05) is 0 Å². The Morgan fingerprint density at radius 1 is 0.920 bits per heavy atom. The summed E-state index contributed by atoms with van der Waals surface area (Å²) >= 11 is 0. The summed E-state index contributed by atoms with van der Waals surface area (Å²) in [4.78, 5) is 34.4. The van der Waals surface area contributed by atoms with Crippen molar-refractivity contribution in [1.29, 1.82) is 0 Å². The number of nitrogens with zero attached hydrogens (tertiary/aromatic N) is 4. The topological polar surface area (TPSA) is 105 Å². The average Bonchev–Trinajstić information content (AvgIpc) is 3.03. The smallest absolute Gasteiger partial charge is 0.416 e. The molecule has 3 aromatic rings. The number of aliphatic carboxylic acids is 1. The van der Waals surface area contributed by atoms with E-state index in [1.165, 1.54) is 11.8 Å². The number of carboxylic acid groups (broad SMARTS) is 1. The van der Waals surface area contributed by atoms with Crippen LogP contribution in [0.1, 0.15) is 60.5 Å². The number of halogens is 9. The molecule has 1 aromatic heterocycles. The van der Waals surface area contributed by atoms with E-state index < -0.39 is 71.5 Å². The van der Waals surface area contributed by atoms with Gasteiger partial charge in [-0.2, -0.15) is 39.5 Å². The normalized spacial score (nSPS) is 16.7. The van der Waals surface area contributed by atoms with Crippen molar-refractivity contribution >= 4 is 23.7 Å². The highest BCUT2D eigenvalue weighted by Crippen LogP contribution is 2.46. The van der Waals surface area contributed by atoms with Crippen molar-refractivity contribution in [2.45, 2.75) is 63.8 Å². The first kappa shape index (κ1) is 37.8. The molecule has 0 radical (unpaired) electrons. The fraction of sp³-hybridized carbons (Fsp3) is 0.375. The minimum absolute atomic E-state index is 0.00881. The summed E-state index contributed by atoms with van der Waals surface area (Å²) in [6.07, 6.45) is -11.9. The lowest BCUT2D eigenvalue weighted by Crippen LogP contribution is -2.48. The van der Waals surface area contributed by atoms with Gasteiger partial charge in [-0.25, -0.2) is 19.6 Å². The highest BCUT2D eigenvalue weighted by molar-refractivity contribution is 5.90. The second-order valence-electron chi connectivity index (χ2n) is 11.0. The number of amides is 1. The second-order valence-corrected chi connectivity index (χ2v) is 11.0. The van der Waals surface area contributed by atoms with Gasteiger partial charge < -0.3 is 19.5 Å². The van der Waals surface area contributed by atoms with Crippen molar-refractivity contribution in [2.24, 2.45) is 0 Å². The number of carbonyl (C=O) groups is 2. The Morgan fingerprint density at radius 2 is 1.52 bits per heavy atom. The molecule has 4 rings (SSSR count). The highest BCUT2D eigenvalue weighted by atomic mass is 19.4. The van der Waals surface area contributed by atoms with Gasteiger partial charge in [0.15, 0.2) is 5.75 Å². The maximum atomic E-state index is 14.0. The van der Waals surface area contributed by atoms with Gasteiger partial charge in [-0.15, -0.1) is 0 Å². The van der Waals surface area contributed by atoms with Crippen LogP contribution in [0.25, 0.3) is 0 Å². The Bertz CT molecular complexity index is 1680. The molecule has 0 saturated carbocycles. The van der Waals surface area contributed by atoms with Crippen molar-refractivity contribution in [1.82, 2.24) is 9.97 Å². The third-order valence-electron chi connectivity index (χ3n) is 7.62. The maximum Gasteiger partial charge on any atom is 0.416 e. The van der Waals surface area contributed by atoms with Gasteiger partial charge in [0.1, 0.15) is 6.61 Å². The SMILES string of the molecule is CCOC(=O)N1c2ccc(C(F)(F)F)cc2[C@@H](N(Cc2cc(C(F)(F)F)cc(C(F)(F)F)c2)c2ncc(OCC=CC(=O)O)cn2)C[C@H]1CC. The third-order valence-corrected chi connectivity index (χ3v) is 7.62. The first-order valence-corrected chi connectivity index (χ1v) is 14.9. The summed E-state index contributed by atoms with van der Waals surface area (Å²) < 4.78 is 135. The molecule has 1 N–H and O–H groups in total. The summed E-state index contributed by atoms with van der Waals surface area (Å²) in [6.45, 7) is 2.16. The highest BCUT2D eigenvalue weighted by Gasteiger charge is 2.42. The Hall–Kier alpha value is -5.03. The van der Waals surface area contributed by atoms with Gasteiger partial charge in [0.2, 0.25) is 5.95 Å². The van der Waals surface area contributed by atoms with E-state index in [2.05, 4.69) is 9.97 Å². The molecule has 270 valence electrons. The number of rotatable bonds is 10. The molecule has 2 aromatic carbocycles. The number of carbonyl (C=O) groups excluding carboxylic acids is 1. The van der Waals surface area contributed by atoms with Gasteiger partial charge in [0, 0.05) is 18.7 Å². The monoisotopic (exact) mass is 720 g/mol. The molecule has 18 heteroatoms. The summed E-state index contributed by atoms with van der Waals surface area (Å²) in [7, 11) is 0. The van der Waals surface area contributed by atoms with Crippen LogP contribution in [0.2, 0.25) is 0 Å². The summed E-state index contributed by atoms with van der Waals surface area (Å²) in [5.74, 6) is -1.56. The number of hydrogen-bond donors (Lipinski definition) is 1. The molecule has 2 atom stereocenters. The molecule has 0 fully saturated rings. The molecule has 50 heavy (non-hydrogen) atoms. The van der Waals surface area contributed by atoms with E-state index in [4.69, 9.17) is 14.6 Å². The minimum atomic E-state index is -5.18. The lowest BCUT2D eigenvalue weighted by molar-refractivity contribution is -0.143. The summed E-state index contributed by atoms with van der Waals surface area (Å²) in [6, 6.07) is 1.51. The first-order chi connectivity index (χ1) is 23.3. The van der Waals surface area contributed by atoms with Gasteiger partial charge in [-0.3, -0.25) is 4.90 Å². The lowest BCUT2D eigenvalue weighted by atomic mass is 9.87. The predicted octanol–water partition coefficient (Wildman–Crippen LogP) is 8.45. The van der Waals surface area contributed by atoms with Crippen LogP contribution < -0.4 is 14.5 Å². The molecule has 0 bridgehead atoms. The van der Waals surface area contributed by atoms with E-state index in [0.717, 1.165) is 47.6 Å². The van der Waals surface area contributed by atoms with Crippen molar-refractivity contribution in [3.05, 3.63) is 88.8 Å². The Kier molecular flexibility index (Phi) is 11.2. The number of benzene rings is 2. The Balaban J connectivity index is 1.91. The molecule has 0 aliphatic carbocycles. The van der Waals surface area contributed by atoms with Crippen molar-refractivity contribution in [3.8, 4) is 5.75 Å². The largest absolute Gasteiger partial charge is 0.486 e. The van der Waals surface area contributed by atoms with Crippen LogP contribution in [-0.4, -0.2) is 46.4 Å². The van der Waals surface area contributed by atoms with Crippen LogP contribution in [0, 0.1) is 0 Å². The van der Waals surface area contributed by atoms with Crippen molar-refractivity contribution < 1.29 is 63.7 Å². The molecule has 2 heterocycles. The number of ether oxygens (including phenoxy) is 2. The second kappa shape index (κ2) is 14.8. The van der Waals surface area contributed by atoms with Gasteiger partial charge in [-0.1, -0.05) is 6.92 Å². The van der Waals surface area contributed by atoms with E-state index >= 15 is 0 Å². The van der Waals surface area contributed by atoms with Gasteiger partial charge in [0.05, 0.1) is 47.4 Å². The number of fused-ring (bicyclic) bond motifs is 1.